The number of halogens is 1. The number of rotatable bonds is 2. The Kier molecular flexibility index (Phi) is 6.40. The topological polar surface area (TPSA) is 63.3 Å². The monoisotopic (exact) mass is 165 g/mol. The molecule has 10 heavy (non-hydrogen) atoms. The second-order valence-corrected chi connectivity index (χ2v) is 1.91. The fourth-order valence-corrected chi connectivity index (χ4v) is 0.336. The number of carbonyl (C=O) groups is 1. The molecule has 0 aromatic carbocycles. The molecular formula is C6H12ClNO2. The van der Waals surface area contributed by atoms with Gasteiger partial charge in [-0.3, -0.25) is 0 Å². The maximum absolute atomic E-state index is 10.2. The molecule has 0 unspecified atom stereocenters. The van der Waals surface area contributed by atoms with E-state index in [1.165, 1.54) is 0 Å². The minimum Gasteiger partial charge on any atom is -0.478 e. The van der Waals surface area contributed by atoms with Crippen LogP contribution in [0.25, 0.3) is 0 Å². The molecule has 0 aromatic heterocycles. The van der Waals surface area contributed by atoms with E-state index < -0.39 is 5.97 Å². The van der Waals surface area contributed by atoms with Crippen LogP contribution in [0.1, 0.15) is 13.8 Å². The number of aliphatic carboxylic acids is 1. The molecule has 3 nitrogen and oxygen atoms in total. The van der Waals surface area contributed by atoms with E-state index in [-0.39, 0.29) is 12.4 Å². The van der Waals surface area contributed by atoms with E-state index in [4.69, 9.17) is 10.8 Å². The summed E-state index contributed by atoms with van der Waals surface area (Å²) >= 11 is 0. The third-order valence-electron chi connectivity index (χ3n) is 1.27. The number of carboxylic acid groups (broad SMARTS) is 1. The van der Waals surface area contributed by atoms with Gasteiger partial charge in [-0.1, -0.05) is 0 Å². The molecule has 0 atom stereocenters. The van der Waals surface area contributed by atoms with E-state index >= 15 is 0 Å². The van der Waals surface area contributed by atoms with Crippen LogP contribution in [0.3, 0.4) is 0 Å². The zero-order valence-corrected chi connectivity index (χ0v) is 6.86. The first kappa shape index (κ1) is 12.2. The van der Waals surface area contributed by atoms with E-state index in [2.05, 4.69) is 0 Å². The van der Waals surface area contributed by atoms with Crippen LogP contribution in [0.2, 0.25) is 0 Å². The fourth-order valence-electron chi connectivity index (χ4n) is 0.336. The van der Waals surface area contributed by atoms with Crippen molar-refractivity contribution in [3.05, 3.63) is 11.1 Å². The SMILES string of the molecule is C/C(CN)=C(/C)C(=O)O.Cl. The summed E-state index contributed by atoms with van der Waals surface area (Å²) in [6.07, 6.45) is 0. The van der Waals surface area contributed by atoms with Crippen LogP contribution in [0.4, 0.5) is 0 Å². The maximum atomic E-state index is 10.2. The van der Waals surface area contributed by atoms with Crippen LogP contribution in [0.5, 0.6) is 0 Å². The first-order chi connectivity index (χ1) is 4.09. The molecule has 0 bridgehead atoms. The highest BCUT2D eigenvalue weighted by Gasteiger charge is 2.01. The number of hydrogen-bond donors (Lipinski definition) is 2. The molecule has 0 aliphatic heterocycles. The molecule has 0 radical (unpaired) electrons. The number of carboxylic acids is 1. The summed E-state index contributed by atoms with van der Waals surface area (Å²) in [4.78, 5) is 10.2. The molecule has 3 N–H and O–H groups in total. The zero-order chi connectivity index (χ0) is 7.44. The maximum Gasteiger partial charge on any atom is 0.331 e. The minimum absolute atomic E-state index is 0. The average Bonchev–Trinajstić information content (AvgIpc) is 1.84. The Balaban J connectivity index is 0. The summed E-state index contributed by atoms with van der Waals surface area (Å²) in [6, 6.07) is 0. The summed E-state index contributed by atoms with van der Waals surface area (Å²) in [6.45, 7) is 3.58. The quantitative estimate of drug-likeness (QED) is 0.595. The summed E-state index contributed by atoms with van der Waals surface area (Å²) < 4.78 is 0. The minimum atomic E-state index is -0.891. The number of nitrogens with two attached hydrogens (primary N) is 1. The van der Waals surface area contributed by atoms with Gasteiger partial charge in [-0.05, 0) is 19.4 Å². The Labute approximate surface area is 66.3 Å². The predicted molar refractivity (Wildman–Crippen MR) is 42.3 cm³/mol. The first-order valence-corrected chi connectivity index (χ1v) is 2.69. The van der Waals surface area contributed by atoms with Crippen LogP contribution in [-0.2, 0) is 4.79 Å². The summed E-state index contributed by atoms with van der Waals surface area (Å²) in [7, 11) is 0. The van der Waals surface area contributed by atoms with Gasteiger partial charge in [-0.15, -0.1) is 12.4 Å². The van der Waals surface area contributed by atoms with Gasteiger partial charge in [0.2, 0.25) is 0 Å². The van der Waals surface area contributed by atoms with Gasteiger partial charge >= 0.3 is 5.97 Å². The smallest absolute Gasteiger partial charge is 0.331 e. The predicted octanol–water partition coefficient (Wildman–Crippen LogP) is 0.788. The summed E-state index contributed by atoms with van der Waals surface area (Å²) in [5.74, 6) is -0.891. The van der Waals surface area contributed by atoms with Crippen molar-refractivity contribution in [2.24, 2.45) is 5.73 Å². The molecule has 0 fully saturated rings. The molecule has 60 valence electrons. The lowest BCUT2D eigenvalue weighted by atomic mass is 10.1. The van der Waals surface area contributed by atoms with Gasteiger partial charge in [-0.2, -0.15) is 0 Å². The van der Waals surface area contributed by atoms with Gasteiger partial charge in [-0.25, -0.2) is 4.79 Å². The zero-order valence-electron chi connectivity index (χ0n) is 6.05. The Hall–Kier alpha value is -0.540. The van der Waals surface area contributed by atoms with E-state index in [0.29, 0.717) is 12.1 Å². The lowest BCUT2D eigenvalue weighted by Crippen LogP contribution is -2.07. The molecule has 0 aliphatic carbocycles. The van der Waals surface area contributed by atoms with Gasteiger partial charge in [0, 0.05) is 12.1 Å². The molecule has 0 aromatic rings. The Morgan fingerprint density at radius 1 is 1.50 bits per heavy atom. The van der Waals surface area contributed by atoms with Crippen LogP contribution in [0, 0.1) is 0 Å². The standard InChI is InChI=1S/C6H11NO2.ClH/c1-4(3-7)5(2)6(8)9;/h3,7H2,1-2H3,(H,8,9);1H/b5-4+;. The van der Waals surface area contributed by atoms with Crippen molar-refractivity contribution < 1.29 is 9.90 Å². The third kappa shape index (κ3) is 3.48. The lowest BCUT2D eigenvalue weighted by molar-refractivity contribution is -0.132. The van der Waals surface area contributed by atoms with Gasteiger partial charge in [0.25, 0.3) is 0 Å². The Morgan fingerprint density at radius 2 is 1.90 bits per heavy atom. The second-order valence-electron chi connectivity index (χ2n) is 1.91. The van der Waals surface area contributed by atoms with Crippen molar-refractivity contribution in [3.63, 3.8) is 0 Å². The van der Waals surface area contributed by atoms with Crippen molar-refractivity contribution in [1.29, 1.82) is 0 Å². The molecule has 0 aliphatic rings. The van der Waals surface area contributed by atoms with Crippen LogP contribution in [0.15, 0.2) is 11.1 Å². The Morgan fingerprint density at radius 3 is 2.00 bits per heavy atom. The highest BCUT2D eigenvalue weighted by molar-refractivity contribution is 5.86. The van der Waals surface area contributed by atoms with Crippen LogP contribution >= 0.6 is 12.4 Å². The van der Waals surface area contributed by atoms with Crippen LogP contribution < -0.4 is 5.73 Å². The first-order valence-electron chi connectivity index (χ1n) is 2.69. The van der Waals surface area contributed by atoms with E-state index in [9.17, 15) is 4.79 Å². The normalized spacial score (nSPS) is 11.5. The van der Waals surface area contributed by atoms with Crippen molar-refractivity contribution in [2.75, 3.05) is 6.54 Å². The number of hydrogen-bond acceptors (Lipinski definition) is 2. The molecule has 0 saturated carbocycles. The van der Waals surface area contributed by atoms with E-state index in [1.807, 2.05) is 0 Å². The van der Waals surface area contributed by atoms with Gasteiger partial charge < -0.3 is 10.8 Å². The molecular weight excluding hydrogens is 154 g/mol. The van der Waals surface area contributed by atoms with Gasteiger partial charge in [0.05, 0.1) is 0 Å². The molecule has 0 heterocycles. The largest absolute Gasteiger partial charge is 0.478 e. The van der Waals surface area contributed by atoms with Crippen molar-refractivity contribution in [2.45, 2.75) is 13.8 Å². The Bertz CT molecular complexity index is 154. The summed E-state index contributed by atoms with van der Waals surface area (Å²) in [5.41, 5.74) is 6.26. The molecule has 0 rings (SSSR count). The van der Waals surface area contributed by atoms with E-state index in [1.54, 1.807) is 13.8 Å². The fraction of sp³-hybridized carbons (Fsp3) is 0.500. The second kappa shape index (κ2) is 5.26. The van der Waals surface area contributed by atoms with Crippen molar-refractivity contribution in [3.8, 4) is 0 Å². The van der Waals surface area contributed by atoms with Gasteiger partial charge in [0.1, 0.15) is 0 Å². The van der Waals surface area contributed by atoms with Crippen LogP contribution in [-0.4, -0.2) is 17.6 Å². The van der Waals surface area contributed by atoms with Crippen molar-refractivity contribution >= 4 is 18.4 Å². The average molecular weight is 166 g/mol. The van der Waals surface area contributed by atoms with Crippen molar-refractivity contribution in [1.82, 2.24) is 0 Å². The molecule has 0 amide bonds. The van der Waals surface area contributed by atoms with E-state index in [0.717, 1.165) is 5.57 Å². The molecule has 0 saturated heterocycles. The highest BCUT2D eigenvalue weighted by Crippen LogP contribution is 1.99. The summed E-state index contributed by atoms with van der Waals surface area (Å²) in [5, 5.41) is 8.37. The third-order valence-corrected chi connectivity index (χ3v) is 1.27. The molecule has 0 spiro atoms. The lowest BCUT2D eigenvalue weighted by Gasteiger charge is -1.97. The molecule has 4 heteroatoms. The highest BCUT2D eigenvalue weighted by atomic mass is 35.5. The van der Waals surface area contributed by atoms with Gasteiger partial charge in [0.15, 0.2) is 0 Å².